The van der Waals surface area contributed by atoms with E-state index in [0.717, 1.165) is 0 Å². The van der Waals surface area contributed by atoms with Crippen LogP contribution in [0.25, 0.3) is 0 Å². The number of rotatable bonds is 8. The number of carboxylic acids is 4. The molecule has 0 spiro atoms. The van der Waals surface area contributed by atoms with Crippen molar-refractivity contribution in [3.63, 3.8) is 0 Å². The number of aliphatic carboxylic acids is 4. The smallest absolute Gasteiger partial charge is 0.330 e. The van der Waals surface area contributed by atoms with E-state index in [9.17, 15) is 19.2 Å². The average Bonchev–Trinajstić information content (AvgIpc) is 2.33. The molecule has 0 unspecified atom stereocenters. The van der Waals surface area contributed by atoms with Crippen LogP contribution in [0.2, 0.25) is 0 Å². The lowest BCUT2D eigenvalue weighted by molar-refractivity contribution is -0.138. The molecule has 20 heavy (non-hydrogen) atoms. The Kier molecular flexibility index (Phi) is 10.1. The molecule has 0 bridgehead atoms. The van der Waals surface area contributed by atoms with E-state index in [0.29, 0.717) is 0 Å². The summed E-state index contributed by atoms with van der Waals surface area (Å²) < 4.78 is 0. The summed E-state index contributed by atoms with van der Waals surface area (Å²) in [5.41, 5.74) is -0.134. The van der Waals surface area contributed by atoms with Crippen molar-refractivity contribution in [3.8, 4) is 0 Å². The molecule has 0 aromatic carbocycles. The Bertz CT molecular complexity index is 381. The maximum Gasteiger partial charge on any atom is 0.330 e. The van der Waals surface area contributed by atoms with Crippen molar-refractivity contribution in [3.05, 3.63) is 24.3 Å². The molecule has 0 saturated heterocycles. The van der Waals surface area contributed by atoms with Crippen LogP contribution in [0, 0.1) is 0 Å². The molecule has 112 valence electrons. The Labute approximate surface area is 114 Å². The predicted molar refractivity (Wildman–Crippen MR) is 67.3 cm³/mol. The highest BCUT2D eigenvalue weighted by atomic mass is 16.4. The maximum absolute atomic E-state index is 10.0. The zero-order chi connectivity index (χ0) is 16.3. The molecule has 8 nitrogen and oxygen atoms in total. The molecule has 0 aliphatic heterocycles. The molecule has 4 N–H and O–H groups in total. The SMILES string of the molecule is C=C(CCC(=O)O)C(=O)O.C=C(CCC(=O)O)C(=O)O. The van der Waals surface area contributed by atoms with Gasteiger partial charge in [0.2, 0.25) is 0 Å². The molecule has 0 heterocycles. The monoisotopic (exact) mass is 288 g/mol. The van der Waals surface area contributed by atoms with Crippen molar-refractivity contribution in [2.45, 2.75) is 25.7 Å². The number of carboxylic acid groups (broad SMARTS) is 4. The van der Waals surface area contributed by atoms with Gasteiger partial charge in [-0.2, -0.15) is 0 Å². The van der Waals surface area contributed by atoms with E-state index in [2.05, 4.69) is 13.2 Å². The Morgan fingerprint density at radius 2 is 0.850 bits per heavy atom. The largest absolute Gasteiger partial charge is 0.481 e. The van der Waals surface area contributed by atoms with Crippen molar-refractivity contribution in [2.24, 2.45) is 0 Å². The molecule has 8 heteroatoms. The summed E-state index contributed by atoms with van der Waals surface area (Å²) in [6.45, 7) is 6.33. The van der Waals surface area contributed by atoms with E-state index in [-0.39, 0.29) is 36.8 Å². The van der Waals surface area contributed by atoms with Gasteiger partial charge in [0.25, 0.3) is 0 Å². The fourth-order valence-electron chi connectivity index (χ4n) is 0.730. The zero-order valence-electron chi connectivity index (χ0n) is 10.7. The molecule has 0 aliphatic carbocycles. The Hall–Kier alpha value is -2.64. The molecule has 0 aliphatic rings. The van der Waals surface area contributed by atoms with Gasteiger partial charge in [0.15, 0.2) is 0 Å². The highest BCUT2D eigenvalue weighted by Crippen LogP contribution is 2.01. The van der Waals surface area contributed by atoms with E-state index in [1.807, 2.05) is 0 Å². The average molecular weight is 288 g/mol. The minimum atomic E-state index is -1.14. The van der Waals surface area contributed by atoms with E-state index in [4.69, 9.17) is 20.4 Å². The Morgan fingerprint density at radius 1 is 0.600 bits per heavy atom. The number of hydrogen-bond donors (Lipinski definition) is 4. The molecule has 0 aromatic heterocycles. The van der Waals surface area contributed by atoms with Gasteiger partial charge in [-0.1, -0.05) is 13.2 Å². The highest BCUT2D eigenvalue weighted by molar-refractivity contribution is 5.86. The number of hydrogen-bond acceptors (Lipinski definition) is 4. The normalized spacial score (nSPS) is 8.80. The minimum Gasteiger partial charge on any atom is -0.481 e. The maximum atomic E-state index is 10.0. The van der Waals surface area contributed by atoms with Crippen LogP contribution in [0.3, 0.4) is 0 Å². The van der Waals surface area contributed by atoms with Gasteiger partial charge in [-0.25, -0.2) is 9.59 Å². The van der Waals surface area contributed by atoms with Crippen molar-refractivity contribution in [1.82, 2.24) is 0 Å². The van der Waals surface area contributed by atoms with Crippen LogP contribution in [-0.4, -0.2) is 44.3 Å². The van der Waals surface area contributed by atoms with Crippen LogP contribution in [0.5, 0.6) is 0 Å². The van der Waals surface area contributed by atoms with Crippen LogP contribution in [0.15, 0.2) is 24.3 Å². The first-order valence-electron chi connectivity index (χ1n) is 5.33. The summed E-state index contributed by atoms with van der Waals surface area (Å²) in [5.74, 6) is -4.30. The topological polar surface area (TPSA) is 149 Å². The van der Waals surface area contributed by atoms with Gasteiger partial charge in [0.05, 0.1) is 0 Å². The first-order valence-corrected chi connectivity index (χ1v) is 5.33. The van der Waals surface area contributed by atoms with Crippen LogP contribution in [-0.2, 0) is 19.2 Å². The molecular formula is C12H16O8. The highest BCUT2D eigenvalue weighted by Gasteiger charge is 2.06. The summed E-state index contributed by atoms with van der Waals surface area (Å²) in [7, 11) is 0. The molecular weight excluding hydrogens is 272 g/mol. The molecule has 0 saturated carbocycles. The number of carbonyl (C=O) groups is 4. The summed E-state index contributed by atoms with van der Waals surface area (Å²) in [5, 5.41) is 32.6. The van der Waals surface area contributed by atoms with Gasteiger partial charge in [0.1, 0.15) is 0 Å². The quantitative estimate of drug-likeness (QED) is 0.483. The second-order valence-electron chi connectivity index (χ2n) is 3.60. The molecule has 0 radical (unpaired) electrons. The zero-order valence-corrected chi connectivity index (χ0v) is 10.7. The third-order valence-electron chi connectivity index (χ3n) is 1.89. The summed E-state index contributed by atoms with van der Waals surface area (Å²) in [6, 6.07) is 0. The predicted octanol–water partition coefficient (Wildman–Crippen LogP) is 0.984. The molecule has 0 atom stereocenters. The summed E-state index contributed by atoms with van der Waals surface area (Å²) in [6.07, 6.45) is -0.342. The van der Waals surface area contributed by atoms with Gasteiger partial charge >= 0.3 is 23.9 Å². The van der Waals surface area contributed by atoms with E-state index >= 15 is 0 Å². The fourth-order valence-corrected chi connectivity index (χ4v) is 0.730. The van der Waals surface area contributed by atoms with Gasteiger partial charge in [0, 0.05) is 24.0 Å². The summed E-state index contributed by atoms with van der Waals surface area (Å²) in [4.78, 5) is 39.8. The Morgan fingerprint density at radius 3 is 1.00 bits per heavy atom. The lowest BCUT2D eigenvalue weighted by atomic mass is 10.2. The third-order valence-corrected chi connectivity index (χ3v) is 1.89. The van der Waals surface area contributed by atoms with E-state index in [1.165, 1.54) is 0 Å². The van der Waals surface area contributed by atoms with Crippen molar-refractivity contribution >= 4 is 23.9 Å². The van der Waals surface area contributed by atoms with Crippen LogP contribution in [0.4, 0.5) is 0 Å². The minimum absolute atomic E-state index is 0.00463. The fraction of sp³-hybridized carbons (Fsp3) is 0.333. The van der Waals surface area contributed by atoms with E-state index in [1.54, 1.807) is 0 Å². The van der Waals surface area contributed by atoms with Gasteiger partial charge in [-0.15, -0.1) is 0 Å². The first kappa shape index (κ1) is 19.7. The van der Waals surface area contributed by atoms with Gasteiger partial charge in [-0.3, -0.25) is 9.59 Å². The molecule has 0 rings (SSSR count). The van der Waals surface area contributed by atoms with Gasteiger partial charge in [-0.05, 0) is 12.8 Å². The lowest BCUT2D eigenvalue weighted by Crippen LogP contribution is -2.02. The summed E-state index contributed by atoms with van der Waals surface area (Å²) >= 11 is 0. The third kappa shape index (κ3) is 13.4. The molecule has 0 amide bonds. The van der Waals surface area contributed by atoms with Crippen molar-refractivity contribution in [2.75, 3.05) is 0 Å². The molecule has 0 fully saturated rings. The lowest BCUT2D eigenvalue weighted by Gasteiger charge is -1.94. The van der Waals surface area contributed by atoms with Gasteiger partial charge < -0.3 is 20.4 Å². The van der Waals surface area contributed by atoms with Crippen molar-refractivity contribution in [1.29, 1.82) is 0 Å². The van der Waals surface area contributed by atoms with Crippen molar-refractivity contribution < 1.29 is 39.6 Å². The molecule has 0 aromatic rings. The Balaban J connectivity index is 0. The second-order valence-corrected chi connectivity index (χ2v) is 3.60. The van der Waals surface area contributed by atoms with Crippen LogP contribution >= 0.6 is 0 Å². The van der Waals surface area contributed by atoms with E-state index < -0.39 is 23.9 Å². The first-order chi connectivity index (χ1) is 9.07. The van der Waals surface area contributed by atoms with Crippen LogP contribution in [0.1, 0.15) is 25.7 Å². The second kappa shape index (κ2) is 10.3. The standard InChI is InChI=1S/2C6H8O4/c2*1-4(6(9)10)2-3-5(7)8/h2*1-3H2,(H,7,8)(H,9,10). The van der Waals surface area contributed by atoms with Crippen LogP contribution < -0.4 is 0 Å².